The van der Waals surface area contributed by atoms with E-state index in [2.05, 4.69) is 17.4 Å². The van der Waals surface area contributed by atoms with Gasteiger partial charge in [0, 0.05) is 12.6 Å². The molecule has 2 aromatic carbocycles. The number of nitrogens with one attached hydrogen (secondary N) is 1. The Bertz CT molecular complexity index is 467. The van der Waals surface area contributed by atoms with Gasteiger partial charge in [0.1, 0.15) is 5.82 Å². The number of hydrogen-bond acceptors (Lipinski definition) is 1. The van der Waals surface area contributed by atoms with E-state index in [0.29, 0.717) is 0 Å². The van der Waals surface area contributed by atoms with E-state index in [9.17, 15) is 4.39 Å². The Morgan fingerprint density at radius 2 is 1.82 bits per heavy atom. The average molecular weight is 229 g/mol. The van der Waals surface area contributed by atoms with Crippen molar-refractivity contribution in [2.45, 2.75) is 19.5 Å². The molecule has 0 saturated carbocycles. The Kier molecular flexibility index (Phi) is 3.89. The van der Waals surface area contributed by atoms with Gasteiger partial charge < -0.3 is 5.32 Å². The lowest BCUT2D eigenvalue weighted by Crippen LogP contribution is -2.18. The minimum atomic E-state index is -0.184. The number of rotatable bonds is 4. The van der Waals surface area contributed by atoms with E-state index in [1.165, 1.54) is 11.6 Å². The Labute approximate surface area is 101 Å². The van der Waals surface area contributed by atoms with Crippen LogP contribution in [-0.2, 0) is 6.54 Å². The second-order valence-electron chi connectivity index (χ2n) is 4.14. The van der Waals surface area contributed by atoms with Crippen LogP contribution in [0.1, 0.15) is 24.1 Å². The highest BCUT2D eigenvalue weighted by molar-refractivity contribution is 5.20. The van der Waals surface area contributed by atoms with E-state index in [1.807, 2.05) is 31.2 Å². The van der Waals surface area contributed by atoms with Gasteiger partial charge in [0.2, 0.25) is 0 Å². The molecule has 0 saturated heterocycles. The zero-order valence-electron chi connectivity index (χ0n) is 9.86. The molecule has 1 N–H and O–H groups in total. The zero-order chi connectivity index (χ0) is 12.1. The molecule has 0 aliphatic rings. The van der Waals surface area contributed by atoms with Crippen LogP contribution in [0.3, 0.4) is 0 Å². The Balaban J connectivity index is 1.96. The van der Waals surface area contributed by atoms with E-state index in [4.69, 9.17) is 0 Å². The van der Waals surface area contributed by atoms with Crippen molar-refractivity contribution in [3.8, 4) is 0 Å². The fourth-order valence-corrected chi connectivity index (χ4v) is 1.76. The van der Waals surface area contributed by atoms with Gasteiger partial charge in [-0.25, -0.2) is 4.39 Å². The van der Waals surface area contributed by atoms with Crippen LogP contribution >= 0.6 is 0 Å². The molecule has 1 atom stereocenters. The topological polar surface area (TPSA) is 12.0 Å². The first kappa shape index (κ1) is 11.8. The molecule has 2 aromatic rings. The molecule has 0 radical (unpaired) electrons. The highest BCUT2D eigenvalue weighted by Gasteiger charge is 2.05. The second kappa shape index (κ2) is 5.60. The van der Waals surface area contributed by atoms with Gasteiger partial charge in [0.05, 0.1) is 0 Å². The van der Waals surface area contributed by atoms with Crippen molar-refractivity contribution in [3.63, 3.8) is 0 Å². The molecular weight excluding hydrogens is 213 g/mol. The van der Waals surface area contributed by atoms with Gasteiger partial charge in [-0.15, -0.1) is 0 Å². The fourth-order valence-electron chi connectivity index (χ4n) is 1.76. The summed E-state index contributed by atoms with van der Waals surface area (Å²) in [5.74, 6) is -0.184. The summed E-state index contributed by atoms with van der Waals surface area (Å²) in [7, 11) is 0. The first-order valence-corrected chi connectivity index (χ1v) is 5.78. The van der Waals surface area contributed by atoms with Crippen molar-refractivity contribution in [1.29, 1.82) is 0 Å². The smallest absolute Gasteiger partial charge is 0.123 e. The highest BCUT2D eigenvalue weighted by atomic mass is 19.1. The summed E-state index contributed by atoms with van der Waals surface area (Å²) >= 11 is 0. The Hall–Kier alpha value is -1.67. The minimum Gasteiger partial charge on any atom is -0.306 e. The first-order valence-electron chi connectivity index (χ1n) is 5.78. The van der Waals surface area contributed by atoms with Crippen LogP contribution in [0, 0.1) is 5.82 Å². The van der Waals surface area contributed by atoms with Crippen molar-refractivity contribution >= 4 is 0 Å². The van der Waals surface area contributed by atoms with Crippen LogP contribution in [0.4, 0.5) is 4.39 Å². The molecular formula is C15H16FN. The van der Waals surface area contributed by atoms with Crippen molar-refractivity contribution in [1.82, 2.24) is 5.32 Å². The monoisotopic (exact) mass is 229 g/mol. The third kappa shape index (κ3) is 3.40. The standard InChI is InChI=1S/C15H16FN/c1-12(14-8-5-9-15(16)10-14)17-11-13-6-3-2-4-7-13/h2-10,12,17H,11H2,1H3. The molecule has 0 heterocycles. The predicted molar refractivity (Wildman–Crippen MR) is 68.1 cm³/mol. The quantitative estimate of drug-likeness (QED) is 0.843. The molecule has 0 aliphatic carbocycles. The number of hydrogen-bond donors (Lipinski definition) is 1. The summed E-state index contributed by atoms with van der Waals surface area (Å²) in [5, 5.41) is 3.38. The number of halogens is 1. The second-order valence-corrected chi connectivity index (χ2v) is 4.14. The first-order chi connectivity index (χ1) is 8.25. The fraction of sp³-hybridized carbons (Fsp3) is 0.200. The molecule has 0 bridgehead atoms. The summed E-state index contributed by atoms with van der Waals surface area (Å²) in [5.41, 5.74) is 2.21. The van der Waals surface area contributed by atoms with Gasteiger partial charge in [-0.1, -0.05) is 42.5 Å². The molecule has 88 valence electrons. The largest absolute Gasteiger partial charge is 0.306 e. The van der Waals surface area contributed by atoms with E-state index in [1.54, 1.807) is 12.1 Å². The zero-order valence-corrected chi connectivity index (χ0v) is 9.86. The molecule has 0 amide bonds. The van der Waals surface area contributed by atoms with E-state index in [0.717, 1.165) is 12.1 Å². The van der Waals surface area contributed by atoms with Gasteiger partial charge in [0.15, 0.2) is 0 Å². The molecule has 0 aromatic heterocycles. The molecule has 0 aliphatic heterocycles. The van der Waals surface area contributed by atoms with Gasteiger partial charge >= 0.3 is 0 Å². The van der Waals surface area contributed by atoms with Gasteiger partial charge in [-0.3, -0.25) is 0 Å². The van der Waals surface area contributed by atoms with Crippen molar-refractivity contribution in [3.05, 3.63) is 71.5 Å². The maximum absolute atomic E-state index is 13.1. The van der Waals surface area contributed by atoms with E-state index < -0.39 is 0 Å². The summed E-state index contributed by atoms with van der Waals surface area (Å²) in [6, 6.07) is 17.0. The minimum absolute atomic E-state index is 0.144. The van der Waals surface area contributed by atoms with Crippen molar-refractivity contribution < 1.29 is 4.39 Å². The lowest BCUT2D eigenvalue weighted by atomic mass is 10.1. The SMILES string of the molecule is CC(NCc1ccccc1)c1cccc(F)c1. The average Bonchev–Trinajstić information content (AvgIpc) is 2.37. The van der Waals surface area contributed by atoms with Crippen LogP contribution in [-0.4, -0.2) is 0 Å². The molecule has 2 rings (SSSR count). The number of benzene rings is 2. The van der Waals surface area contributed by atoms with Gasteiger partial charge in [-0.2, -0.15) is 0 Å². The third-order valence-electron chi connectivity index (χ3n) is 2.80. The van der Waals surface area contributed by atoms with Crippen molar-refractivity contribution in [2.75, 3.05) is 0 Å². The van der Waals surface area contributed by atoms with Crippen LogP contribution < -0.4 is 5.32 Å². The van der Waals surface area contributed by atoms with Crippen LogP contribution in [0.5, 0.6) is 0 Å². The molecule has 2 heteroatoms. The summed E-state index contributed by atoms with van der Waals surface area (Å²) in [4.78, 5) is 0. The maximum atomic E-state index is 13.1. The highest BCUT2D eigenvalue weighted by Crippen LogP contribution is 2.14. The predicted octanol–water partition coefficient (Wildman–Crippen LogP) is 3.68. The summed E-state index contributed by atoms with van der Waals surface area (Å²) < 4.78 is 13.1. The molecule has 1 unspecified atom stereocenters. The Morgan fingerprint density at radius 1 is 1.06 bits per heavy atom. The maximum Gasteiger partial charge on any atom is 0.123 e. The molecule has 17 heavy (non-hydrogen) atoms. The van der Waals surface area contributed by atoms with Crippen LogP contribution in [0.2, 0.25) is 0 Å². The normalized spacial score (nSPS) is 12.4. The van der Waals surface area contributed by atoms with Crippen LogP contribution in [0.15, 0.2) is 54.6 Å². The molecule has 0 fully saturated rings. The van der Waals surface area contributed by atoms with E-state index in [-0.39, 0.29) is 11.9 Å². The van der Waals surface area contributed by atoms with Crippen LogP contribution in [0.25, 0.3) is 0 Å². The van der Waals surface area contributed by atoms with Gasteiger partial charge in [-0.05, 0) is 30.2 Å². The molecule has 1 nitrogen and oxygen atoms in total. The lowest BCUT2D eigenvalue weighted by Gasteiger charge is -2.14. The lowest BCUT2D eigenvalue weighted by molar-refractivity contribution is 0.565. The molecule has 0 spiro atoms. The van der Waals surface area contributed by atoms with Gasteiger partial charge in [0.25, 0.3) is 0 Å². The Morgan fingerprint density at radius 3 is 2.53 bits per heavy atom. The summed E-state index contributed by atoms with van der Waals surface area (Å²) in [6.45, 7) is 2.83. The third-order valence-corrected chi connectivity index (χ3v) is 2.80. The van der Waals surface area contributed by atoms with E-state index >= 15 is 0 Å². The summed E-state index contributed by atoms with van der Waals surface area (Å²) in [6.07, 6.45) is 0. The van der Waals surface area contributed by atoms with Crippen molar-refractivity contribution in [2.24, 2.45) is 0 Å².